The second-order valence-corrected chi connectivity index (χ2v) is 4.75. The lowest BCUT2D eigenvalue weighted by Crippen LogP contribution is -2.07. The number of hydrogen-bond acceptors (Lipinski definition) is 4. The molecule has 0 unspecified atom stereocenters. The Labute approximate surface area is 121 Å². The highest BCUT2D eigenvalue weighted by Gasteiger charge is 2.09. The summed E-state index contributed by atoms with van der Waals surface area (Å²) in [5, 5.41) is 8.63. The van der Waals surface area contributed by atoms with Gasteiger partial charge in [-0.15, -0.1) is 0 Å². The van der Waals surface area contributed by atoms with Crippen molar-refractivity contribution in [3.8, 4) is 5.69 Å². The van der Waals surface area contributed by atoms with Crippen molar-refractivity contribution >= 4 is 34.2 Å². The van der Waals surface area contributed by atoms with Gasteiger partial charge in [-0.25, -0.2) is 4.68 Å². The third-order valence-corrected chi connectivity index (χ3v) is 3.21. The van der Waals surface area contributed by atoms with Crippen molar-refractivity contribution in [2.75, 3.05) is 18.1 Å². The van der Waals surface area contributed by atoms with Crippen molar-refractivity contribution in [1.82, 2.24) is 14.8 Å². The number of rotatable bonds is 3. The van der Waals surface area contributed by atoms with E-state index in [9.17, 15) is 0 Å². The zero-order valence-electron chi connectivity index (χ0n) is 10.7. The number of amidine groups is 1. The van der Waals surface area contributed by atoms with Gasteiger partial charge in [0, 0.05) is 12.7 Å². The average molecular weight is 296 g/mol. The molecule has 0 bridgehead atoms. The summed E-state index contributed by atoms with van der Waals surface area (Å²) < 4.78 is 1.68. The normalized spacial score (nSPS) is 11.6. The van der Waals surface area contributed by atoms with Gasteiger partial charge in [-0.2, -0.15) is 5.10 Å². The quantitative estimate of drug-likeness (QED) is 0.698. The number of halogens is 1. The first-order valence-electron chi connectivity index (χ1n) is 5.75. The van der Waals surface area contributed by atoms with E-state index < -0.39 is 0 Å². The lowest BCUT2D eigenvalue weighted by atomic mass is 10.4. The second kappa shape index (κ2) is 6.58. The van der Waals surface area contributed by atoms with E-state index >= 15 is 0 Å². The summed E-state index contributed by atoms with van der Waals surface area (Å²) in [6.07, 6.45) is 7.22. The summed E-state index contributed by atoms with van der Waals surface area (Å²) in [5.41, 5.74) is 1.59. The van der Waals surface area contributed by atoms with E-state index in [0.717, 1.165) is 23.1 Å². The number of aromatic nitrogens is 3. The fraction of sp³-hybridized carbons (Fsp3) is 0.250. The molecule has 0 radical (unpaired) electrons. The van der Waals surface area contributed by atoms with E-state index in [1.165, 1.54) is 11.8 Å². The van der Waals surface area contributed by atoms with Crippen molar-refractivity contribution in [2.24, 2.45) is 4.99 Å². The largest absolute Gasteiger partial charge is 0.331 e. The molecular formula is C12H14ClN5S. The molecule has 1 N–H and O–H groups in total. The Morgan fingerprint density at radius 3 is 3.05 bits per heavy atom. The number of pyridine rings is 1. The van der Waals surface area contributed by atoms with Gasteiger partial charge in [0.15, 0.2) is 10.3 Å². The molecule has 0 amide bonds. The van der Waals surface area contributed by atoms with Crippen LogP contribution < -0.4 is 5.32 Å². The van der Waals surface area contributed by atoms with E-state index in [1.54, 1.807) is 17.1 Å². The smallest absolute Gasteiger partial charge is 0.175 e. The average Bonchev–Trinajstić information content (AvgIpc) is 2.80. The van der Waals surface area contributed by atoms with Gasteiger partial charge < -0.3 is 5.32 Å². The van der Waals surface area contributed by atoms with Crippen LogP contribution >= 0.6 is 23.4 Å². The molecule has 2 rings (SSSR count). The highest BCUT2D eigenvalue weighted by molar-refractivity contribution is 8.13. The van der Waals surface area contributed by atoms with Crippen LogP contribution in [-0.4, -0.2) is 32.7 Å². The molecule has 2 heterocycles. The van der Waals surface area contributed by atoms with Crippen molar-refractivity contribution in [3.05, 3.63) is 35.9 Å². The van der Waals surface area contributed by atoms with Crippen molar-refractivity contribution < 1.29 is 0 Å². The molecule has 0 spiro atoms. The fourth-order valence-corrected chi connectivity index (χ4v) is 2.12. The lowest BCUT2D eigenvalue weighted by molar-refractivity contribution is 0.874. The number of nitrogens with one attached hydrogen (secondary N) is 1. The molecule has 0 fully saturated rings. The van der Waals surface area contributed by atoms with Gasteiger partial charge in [-0.3, -0.25) is 9.98 Å². The third-order valence-electron chi connectivity index (χ3n) is 2.32. The van der Waals surface area contributed by atoms with E-state index in [-0.39, 0.29) is 0 Å². The Morgan fingerprint density at radius 1 is 1.58 bits per heavy atom. The lowest BCUT2D eigenvalue weighted by Gasteiger charge is -2.04. The first-order chi connectivity index (χ1) is 9.24. The van der Waals surface area contributed by atoms with Gasteiger partial charge in [0.05, 0.1) is 23.8 Å². The monoisotopic (exact) mass is 295 g/mol. The zero-order valence-corrected chi connectivity index (χ0v) is 12.2. The van der Waals surface area contributed by atoms with Gasteiger partial charge >= 0.3 is 0 Å². The molecule has 0 aliphatic carbocycles. The van der Waals surface area contributed by atoms with E-state index in [0.29, 0.717) is 5.15 Å². The van der Waals surface area contributed by atoms with Crippen LogP contribution in [0.25, 0.3) is 5.69 Å². The minimum Gasteiger partial charge on any atom is -0.331 e. The van der Waals surface area contributed by atoms with Crippen LogP contribution in [0.2, 0.25) is 5.15 Å². The van der Waals surface area contributed by atoms with E-state index in [4.69, 9.17) is 11.6 Å². The molecule has 0 aromatic carbocycles. The molecule has 19 heavy (non-hydrogen) atoms. The summed E-state index contributed by atoms with van der Waals surface area (Å²) in [6.45, 7) is 2.70. The topological polar surface area (TPSA) is 55.1 Å². The molecule has 0 saturated heterocycles. The van der Waals surface area contributed by atoms with Crippen molar-refractivity contribution in [3.63, 3.8) is 0 Å². The zero-order chi connectivity index (χ0) is 13.7. The highest BCUT2D eigenvalue weighted by Crippen LogP contribution is 2.22. The van der Waals surface area contributed by atoms with Crippen LogP contribution in [0.3, 0.4) is 0 Å². The standard InChI is InChI=1S/C12H14ClN5S/c1-3-15-12(19-2)16-10-8-18(17-11(10)13)9-5-4-6-14-7-9/h4-8H,3H2,1-2H3,(H,15,16). The summed E-state index contributed by atoms with van der Waals surface area (Å²) in [4.78, 5) is 8.38. The molecule has 0 aliphatic heterocycles. The van der Waals surface area contributed by atoms with E-state index in [2.05, 4.69) is 20.4 Å². The van der Waals surface area contributed by atoms with Crippen LogP contribution in [0, 0.1) is 0 Å². The van der Waals surface area contributed by atoms with Gasteiger partial charge in [-0.1, -0.05) is 23.4 Å². The van der Waals surface area contributed by atoms with Crippen LogP contribution in [0.5, 0.6) is 0 Å². The number of thioether (sulfide) groups is 1. The second-order valence-electron chi connectivity index (χ2n) is 3.60. The molecular weight excluding hydrogens is 282 g/mol. The third kappa shape index (κ3) is 3.48. The maximum absolute atomic E-state index is 6.12. The molecule has 100 valence electrons. The number of aliphatic imine (C=N–C) groups is 1. The van der Waals surface area contributed by atoms with Crippen molar-refractivity contribution in [2.45, 2.75) is 6.92 Å². The molecule has 0 aliphatic rings. The van der Waals surface area contributed by atoms with Gasteiger partial charge in [-0.05, 0) is 25.3 Å². The van der Waals surface area contributed by atoms with E-state index in [1.807, 2.05) is 31.5 Å². The van der Waals surface area contributed by atoms with Crippen molar-refractivity contribution in [1.29, 1.82) is 0 Å². The van der Waals surface area contributed by atoms with Gasteiger partial charge in [0.2, 0.25) is 0 Å². The fourth-order valence-electron chi connectivity index (χ4n) is 1.47. The first-order valence-corrected chi connectivity index (χ1v) is 7.36. The Morgan fingerprint density at radius 2 is 2.42 bits per heavy atom. The summed E-state index contributed by atoms with van der Waals surface area (Å²) in [5.74, 6) is 0. The van der Waals surface area contributed by atoms with Crippen LogP contribution in [0.4, 0.5) is 5.69 Å². The first kappa shape index (κ1) is 13.9. The molecule has 5 nitrogen and oxygen atoms in total. The minimum absolute atomic E-state index is 0.404. The van der Waals surface area contributed by atoms with Crippen LogP contribution in [0.1, 0.15) is 6.92 Å². The predicted octanol–water partition coefficient (Wildman–Crippen LogP) is 3.07. The van der Waals surface area contributed by atoms with Crippen LogP contribution in [0.15, 0.2) is 35.7 Å². The Balaban J connectivity index is 2.25. The Kier molecular flexibility index (Phi) is 4.81. The Bertz CT molecular complexity index is 567. The number of hydrogen-bond donors (Lipinski definition) is 1. The minimum atomic E-state index is 0.404. The molecule has 7 heteroatoms. The summed E-state index contributed by atoms with van der Waals surface area (Å²) >= 11 is 7.65. The number of nitrogens with zero attached hydrogens (tertiary/aromatic N) is 4. The predicted molar refractivity (Wildman–Crippen MR) is 81.5 cm³/mol. The molecule has 2 aromatic heterocycles. The highest BCUT2D eigenvalue weighted by atomic mass is 35.5. The number of anilines is 1. The summed E-state index contributed by atoms with van der Waals surface area (Å²) in [7, 11) is 0. The van der Waals surface area contributed by atoms with Gasteiger partial charge in [0.25, 0.3) is 0 Å². The summed E-state index contributed by atoms with van der Waals surface area (Å²) in [6, 6.07) is 3.76. The maximum Gasteiger partial charge on any atom is 0.175 e. The molecule has 2 aromatic rings. The molecule has 0 atom stereocenters. The van der Waals surface area contributed by atoms with Gasteiger partial charge in [0.1, 0.15) is 0 Å². The SMILES string of the molecule is CCN=C(Nc1cn(-c2cccnc2)nc1Cl)SC. The van der Waals surface area contributed by atoms with Crippen LogP contribution in [-0.2, 0) is 0 Å². The Hall–Kier alpha value is -1.53. The molecule has 0 saturated carbocycles. The maximum atomic E-state index is 6.12.